The van der Waals surface area contributed by atoms with Crippen LogP contribution in [0.2, 0.25) is 0 Å². The second-order valence-electron chi connectivity index (χ2n) is 4.07. The Morgan fingerprint density at radius 3 is 2.17 bits per heavy atom. The van der Waals surface area contributed by atoms with Gasteiger partial charge in [-0.05, 0) is 24.7 Å². The summed E-state index contributed by atoms with van der Waals surface area (Å²) in [5, 5.41) is 0. The minimum absolute atomic E-state index is 0.370. The molecule has 0 heterocycles. The van der Waals surface area contributed by atoms with E-state index in [1.807, 2.05) is 5.94 Å². The molecule has 0 spiro atoms. The highest BCUT2D eigenvalue weighted by Crippen LogP contribution is 2.16. The minimum atomic E-state index is 0.370. The Labute approximate surface area is 75.9 Å². The Kier molecular flexibility index (Phi) is 5.74. The van der Waals surface area contributed by atoms with Crippen LogP contribution in [0.3, 0.4) is 0 Å². The summed E-state index contributed by atoms with van der Waals surface area (Å²) in [7, 11) is 0. The van der Waals surface area contributed by atoms with Gasteiger partial charge in [0.05, 0.1) is 0 Å². The fourth-order valence-corrected chi connectivity index (χ4v) is 1.16. The van der Waals surface area contributed by atoms with Crippen molar-refractivity contribution in [2.45, 2.75) is 47.0 Å². The van der Waals surface area contributed by atoms with E-state index in [4.69, 9.17) is 0 Å². The van der Waals surface area contributed by atoms with Crippen LogP contribution in [0, 0.1) is 11.8 Å². The second kappa shape index (κ2) is 6.02. The lowest BCUT2D eigenvalue weighted by Gasteiger charge is -2.07. The summed E-state index contributed by atoms with van der Waals surface area (Å²) in [5.41, 5.74) is 0.940. The van der Waals surface area contributed by atoms with Gasteiger partial charge in [-0.2, -0.15) is 0 Å². The first-order valence-corrected chi connectivity index (χ1v) is 4.81. The molecule has 0 amide bonds. The molecule has 0 fully saturated rings. The van der Waals surface area contributed by atoms with Crippen LogP contribution < -0.4 is 0 Å². The molecule has 0 atom stereocenters. The molecule has 70 valence electrons. The maximum absolute atomic E-state index is 10.5. The largest absolute Gasteiger partial charge is 0.234 e. The molecule has 0 aliphatic carbocycles. The third kappa shape index (κ3) is 5.15. The number of hydrogen-bond donors (Lipinski definition) is 0. The predicted octanol–water partition coefficient (Wildman–Crippen LogP) is 3.23. The highest BCUT2D eigenvalue weighted by atomic mass is 16.1. The molecule has 0 aliphatic heterocycles. The van der Waals surface area contributed by atoms with Crippen molar-refractivity contribution < 1.29 is 4.79 Å². The second-order valence-corrected chi connectivity index (χ2v) is 4.07. The van der Waals surface area contributed by atoms with E-state index in [-0.39, 0.29) is 0 Å². The van der Waals surface area contributed by atoms with Crippen molar-refractivity contribution in [1.82, 2.24) is 0 Å². The van der Waals surface area contributed by atoms with Gasteiger partial charge in [0.25, 0.3) is 0 Å². The third-order valence-electron chi connectivity index (χ3n) is 2.06. The number of rotatable bonds is 5. The van der Waals surface area contributed by atoms with Crippen molar-refractivity contribution in [1.29, 1.82) is 0 Å². The normalized spacial score (nSPS) is 10.5. The molecule has 1 heteroatoms. The maximum Gasteiger partial charge on any atom is 0.123 e. The fourth-order valence-electron chi connectivity index (χ4n) is 1.16. The lowest BCUT2D eigenvalue weighted by molar-refractivity contribution is 0.533. The Hall–Kier alpha value is -0.550. The zero-order valence-corrected chi connectivity index (χ0v) is 8.68. The maximum atomic E-state index is 10.5. The van der Waals surface area contributed by atoms with Crippen LogP contribution in [0.25, 0.3) is 0 Å². The summed E-state index contributed by atoms with van der Waals surface area (Å²) in [6.07, 6.45) is 3.26. The van der Waals surface area contributed by atoms with E-state index in [9.17, 15) is 4.79 Å². The number of allylic oxidation sites excluding steroid dienone is 1. The number of hydrogen-bond acceptors (Lipinski definition) is 1. The van der Waals surface area contributed by atoms with Crippen LogP contribution in [-0.2, 0) is 4.79 Å². The molecule has 0 aromatic rings. The standard InChI is InChI=1S/C11H20O/c1-9(2)6-5-7-11(8-12)10(3)4/h9-10H,5-7H2,1-4H3. The van der Waals surface area contributed by atoms with E-state index in [0.29, 0.717) is 5.92 Å². The molecule has 0 N–H and O–H groups in total. The van der Waals surface area contributed by atoms with E-state index >= 15 is 0 Å². The van der Waals surface area contributed by atoms with Crippen molar-refractivity contribution in [2.75, 3.05) is 0 Å². The van der Waals surface area contributed by atoms with E-state index < -0.39 is 0 Å². The Morgan fingerprint density at radius 2 is 1.83 bits per heavy atom. The van der Waals surface area contributed by atoms with Crippen LogP contribution in [-0.4, -0.2) is 5.94 Å². The van der Waals surface area contributed by atoms with E-state index in [0.717, 1.165) is 24.3 Å². The first kappa shape index (κ1) is 11.4. The average Bonchev–Trinajstić information content (AvgIpc) is 1.96. The van der Waals surface area contributed by atoms with Crippen molar-refractivity contribution in [3.05, 3.63) is 5.57 Å². The van der Waals surface area contributed by atoms with Gasteiger partial charge in [0.1, 0.15) is 5.94 Å². The molecule has 0 bridgehead atoms. The van der Waals surface area contributed by atoms with Gasteiger partial charge in [0, 0.05) is 5.57 Å². The van der Waals surface area contributed by atoms with Gasteiger partial charge < -0.3 is 0 Å². The summed E-state index contributed by atoms with van der Waals surface area (Å²) in [4.78, 5) is 10.5. The molecule has 0 rings (SSSR count). The molecule has 0 aliphatic rings. The van der Waals surface area contributed by atoms with Gasteiger partial charge in [-0.1, -0.05) is 34.1 Å². The zero-order valence-electron chi connectivity index (χ0n) is 8.68. The molecule has 0 unspecified atom stereocenters. The van der Waals surface area contributed by atoms with Crippen LogP contribution in [0.5, 0.6) is 0 Å². The van der Waals surface area contributed by atoms with Crippen LogP contribution >= 0.6 is 0 Å². The quantitative estimate of drug-likeness (QED) is 0.576. The van der Waals surface area contributed by atoms with Gasteiger partial charge in [-0.15, -0.1) is 0 Å². The SMILES string of the molecule is CC(C)CCCC(=C=O)C(C)C. The van der Waals surface area contributed by atoms with Crippen molar-refractivity contribution in [2.24, 2.45) is 11.8 Å². The molecular formula is C11H20O. The van der Waals surface area contributed by atoms with Gasteiger partial charge in [0.15, 0.2) is 0 Å². The third-order valence-corrected chi connectivity index (χ3v) is 2.06. The predicted molar refractivity (Wildman–Crippen MR) is 52.7 cm³/mol. The molecule has 1 nitrogen and oxygen atoms in total. The molecule has 0 saturated carbocycles. The van der Waals surface area contributed by atoms with Gasteiger partial charge in [-0.25, -0.2) is 4.79 Å². The van der Waals surface area contributed by atoms with E-state index in [1.165, 1.54) is 6.42 Å². The molecule has 0 saturated heterocycles. The summed E-state index contributed by atoms with van der Waals surface area (Å²) < 4.78 is 0. The summed E-state index contributed by atoms with van der Waals surface area (Å²) in [6, 6.07) is 0. The molecule has 0 radical (unpaired) electrons. The Morgan fingerprint density at radius 1 is 1.25 bits per heavy atom. The van der Waals surface area contributed by atoms with Crippen molar-refractivity contribution in [3.8, 4) is 0 Å². The van der Waals surface area contributed by atoms with Gasteiger partial charge in [-0.3, -0.25) is 0 Å². The molecule has 0 aromatic heterocycles. The summed E-state index contributed by atoms with van der Waals surface area (Å²) >= 11 is 0. The van der Waals surface area contributed by atoms with Crippen LogP contribution in [0.15, 0.2) is 5.57 Å². The average molecular weight is 168 g/mol. The van der Waals surface area contributed by atoms with Crippen LogP contribution in [0.4, 0.5) is 0 Å². The van der Waals surface area contributed by atoms with E-state index in [1.54, 1.807) is 0 Å². The lowest BCUT2D eigenvalue weighted by atomic mass is 9.97. The fraction of sp³-hybridized carbons (Fsp3) is 0.818. The zero-order chi connectivity index (χ0) is 9.56. The summed E-state index contributed by atoms with van der Waals surface area (Å²) in [6.45, 7) is 8.52. The summed E-state index contributed by atoms with van der Waals surface area (Å²) in [5.74, 6) is 3.15. The molecule has 0 aromatic carbocycles. The highest BCUT2D eigenvalue weighted by molar-refractivity contribution is 5.52. The molecule has 12 heavy (non-hydrogen) atoms. The first-order valence-electron chi connectivity index (χ1n) is 4.81. The minimum Gasteiger partial charge on any atom is -0.234 e. The monoisotopic (exact) mass is 168 g/mol. The highest BCUT2D eigenvalue weighted by Gasteiger charge is 2.04. The van der Waals surface area contributed by atoms with Crippen molar-refractivity contribution in [3.63, 3.8) is 0 Å². The number of carbonyl (C=O) groups excluding carboxylic acids is 1. The Balaban J connectivity index is 3.68. The van der Waals surface area contributed by atoms with Crippen LogP contribution in [0.1, 0.15) is 47.0 Å². The van der Waals surface area contributed by atoms with Gasteiger partial charge >= 0.3 is 0 Å². The first-order chi connectivity index (χ1) is 5.57. The van der Waals surface area contributed by atoms with Crippen molar-refractivity contribution >= 4 is 5.94 Å². The van der Waals surface area contributed by atoms with Gasteiger partial charge in [0.2, 0.25) is 0 Å². The Bertz CT molecular complexity index is 162. The molecular weight excluding hydrogens is 148 g/mol. The smallest absolute Gasteiger partial charge is 0.123 e. The topological polar surface area (TPSA) is 17.1 Å². The van der Waals surface area contributed by atoms with E-state index in [2.05, 4.69) is 27.7 Å². The lowest BCUT2D eigenvalue weighted by Crippen LogP contribution is -1.96.